The van der Waals surface area contributed by atoms with E-state index in [1.807, 2.05) is 0 Å². The summed E-state index contributed by atoms with van der Waals surface area (Å²) in [4.78, 5) is 0. The van der Waals surface area contributed by atoms with Crippen molar-refractivity contribution in [2.75, 3.05) is 0 Å². The Balaban J connectivity index is 6.11. The third kappa shape index (κ3) is 6.45. The lowest BCUT2D eigenvalue weighted by atomic mass is 9.82. The molecule has 0 aromatic rings. The van der Waals surface area contributed by atoms with Gasteiger partial charge in [0.15, 0.2) is 0 Å². The monoisotopic (exact) mass is 414 g/mol. The van der Waals surface area contributed by atoms with E-state index in [2.05, 4.69) is 104 Å². The summed E-state index contributed by atoms with van der Waals surface area (Å²) in [6.07, 6.45) is 0. The molecule has 0 spiro atoms. The van der Waals surface area contributed by atoms with Crippen LogP contribution in [0.15, 0.2) is 0 Å². The second kappa shape index (κ2) is 10.6. The van der Waals surface area contributed by atoms with Gasteiger partial charge in [-0.25, -0.2) is 0 Å². The normalized spacial score (nSPS) is 14.5. The summed E-state index contributed by atoms with van der Waals surface area (Å²) < 4.78 is 20.5. The molecule has 0 fully saturated rings. The first-order valence-corrected chi connectivity index (χ1v) is 12.9. The minimum atomic E-state index is -2.45. The predicted molar refractivity (Wildman–Crippen MR) is 123 cm³/mol. The molecule has 0 saturated heterocycles. The topological polar surface area (TPSA) is 27.7 Å². The van der Waals surface area contributed by atoms with Crippen LogP contribution in [0.3, 0.4) is 0 Å². The fourth-order valence-corrected chi connectivity index (χ4v) is 6.53. The Hall–Kier alpha value is 0.412. The Morgan fingerprint density at radius 2 is 0.536 bits per heavy atom. The second-order valence-electron chi connectivity index (χ2n) is 11.1. The molecule has 0 N–H and O–H groups in total. The smallest absolute Gasteiger partial charge is 0.449 e. The highest BCUT2D eigenvalue weighted by Crippen LogP contribution is 2.38. The Bertz CT molecular complexity index is 364. The van der Waals surface area contributed by atoms with Gasteiger partial charge in [-0.1, -0.05) is 83.1 Å². The van der Waals surface area contributed by atoms with Gasteiger partial charge >= 0.3 is 15.1 Å². The molecular weight excluding hydrogens is 363 g/mol. The van der Waals surface area contributed by atoms with E-state index in [-0.39, 0.29) is 16.8 Å². The van der Waals surface area contributed by atoms with Crippen LogP contribution in [0.5, 0.6) is 0 Å². The van der Waals surface area contributed by atoms with Crippen LogP contribution >= 0.6 is 0 Å². The van der Waals surface area contributed by atoms with Crippen LogP contribution in [-0.4, -0.2) is 32.0 Å². The molecule has 0 heterocycles. The first-order valence-electron chi connectivity index (χ1n) is 11.5. The Morgan fingerprint density at radius 3 is 0.643 bits per heavy atom. The van der Waals surface area contributed by atoms with Crippen LogP contribution in [-0.2, 0) is 11.4 Å². The lowest BCUT2D eigenvalue weighted by molar-refractivity contribution is -0.140. The molecule has 168 valence electrons. The van der Waals surface area contributed by atoms with E-state index in [0.29, 0.717) is 35.5 Å². The molecule has 0 aromatic heterocycles. The lowest BCUT2D eigenvalue weighted by Gasteiger charge is -2.47. The molecule has 28 heavy (non-hydrogen) atoms. The maximum Gasteiger partial charge on any atom is 0.906 e. The fraction of sp³-hybridized carbons (Fsp3) is 1.00. The molecule has 0 radical (unpaired) electrons. The Labute approximate surface area is 182 Å². The van der Waals surface area contributed by atoms with Crippen molar-refractivity contribution in [1.82, 2.24) is 0 Å². The molecule has 0 aliphatic carbocycles. The van der Waals surface area contributed by atoms with Crippen LogP contribution in [0.1, 0.15) is 104 Å². The van der Waals surface area contributed by atoms with Gasteiger partial charge in [-0.15, -0.1) is 0 Å². The van der Waals surface area contributed by atoms with Gasteiger partial charge in [0.05, 0.1) is 0 Å². The van der Waals surface area contributed by atoms with Crippen molar-refractivity contribution >= 4 is 15.1 Å². The average molecular weight is 415 g/mol. The van der Waals surface area contributed by atoms with Crippen molar-refractivity contribution < 1.29 is 11.4 Å². The van der Waals surface area contributed by atoms with Crippen LogP contribution in [0, 0.1) is 35.5 Å². The first-order chi connectivity index (χ1) is 12.4. The molecular formula is C24H51AlO3. The van der Waals surface area contributed by atoms with E-state index in [0.717, 1.165) is 0 Å². The summed E-state index contributed by atoms with van der Waals surface area (Å²) in [7, 11) is 0. The van der Waals surface area contributed by atoms with Gasteiger partial charge in [0.1, 0.15) is 0 Å². The van der Waals surface area contributed by atoms with Crippen LogP contribution in [0.25, 0.3) is 0 Å². The molecule has 0 aliphatic rings. The second-order valence-corrected chi connectivity index (χ2v) is 12.4. The quantitative estimate of drug-likeness (QED) is 0.315. The lowest BCUT2D eigenvalue weighted by Crippen LogP contribution is -2.56. The van der Waals surface area contributed by atoms with Gasteiger partial charge in [-0.05, 0) is 56.3 Å². The average Bonchev–Trinajstić information content (AvgIpc) is 2.52. The Morgan fingerprint density at radius 1 is 0.393 bits per heavy atom. The minimum Gasteiger partial charge on any atom is -0.449 e. The summed E-state index contributed by atoms with van der Waals surface area (Å²) in [5.41, 5.74) is -0.831. The molecule has 0 saturated carbocycles. The molecule has 0 unspecified atom stereocenters. The van der Waals surface area contributed by atoms with E-state index in [9.17, 15) is 0 Å². The maximum absolute atomic E-state index is 6.85. The van der Waals surface area contributed by atoms with Gasteiger partial charge in [-0.3, -0.25) is 0 Å². The molecule has 0 bridgehead atoms. The van der Waals surface area contributed by atoms with Crippen molar-refractivity contribution in [2.45, 2.75) is 121 Å². The van der Waals surface area contributed by atoms with Crippen LogP contribution < -0.4 is 0 Å². The predicted octanol–water partition coefficient (Wildman–Crippen LogP) is 7.23. The molecule has 4 heteroatoms. The molecule has 0 aliphatic heterocycles. The van der Waals surface area contributed by atoms with Crippen molar-refractivity contribution in [3.05, 3.63) is 0 Å². The summed E-state index contributed by atoms with van der Waals surface area (Å²) in [6.45, 7) is 33.5. The SMILES string of the molecule is CC(C)C(C)([O][Al]([O]C(C)(C(C)C)C(C)C)[O]C(C)(C(C)C)C(C)C)C(C)C. The molecule has 3 nitrogen and oxygen atoms in total. The van der Waals surface area contributed by atoms with Gasteiger partial charge in [0, 0.05) is 16.8 Å². The summed E-state index contributed by atoms with van der Waals surface area (Å²) >= 11 is -2.45. The maximum atomic E-state index is 6.85. The third-order valence-electron chi connectivity index (χ3n) is 7.93. The van der Waals surface area contributed by atoms with E-state index in [1.165, 1.54) is 0 Å². The zero-order valence-electron chi connectivity index (χ0n) is 21.8. The van der Waals surface area contributed by atoms with Crippen LogP contribution in [0.2, 0.25) is 0 Å². The highest BCUT2D eigenvalue weighted by atomic mass is 27.3. The minimum absolute atomic E-state index is 0.277. The van der Waals surface area contributed by atoms with Crippen molar-refractivity contribution in [3.8, 4) is 0 Å². The standard InChI is InChI=1S/3C8H17O.Al/c3*1-6(2)8(5,9)7(3)4;/h3*6-7H,1-5H3;/q3*-1;+3. The third-order valence-corrected chi connectivity index (χ3v) is 10.0. The molecule has 0 aromatic carbocycles. The first kappa shape index (κ1) is 28.4. The summed E-state index contributed by atoms with van der Waals surface area (Å²) in [5, 5.41) is 0. The molecule has 0 rings (SSSR count). The fourth-order valence-electron chi connectivity index (χ4n) is 3.51. The largest absolute Gasteiger partial charge is 0.906 e. The van der Waals surface area contributed by atoms with E-state index >= 15 is 0 Å². The van der Waals surface area contributed by atoms with Gasteiger partial charge in [-0.2, -0.15) is 0 Å². The van der Waals surface area contributed by atoms with E-state index in [4.69, 9.17) is 11.4 Å². The summed E-state index contributed by atoms with van der Waals surface area (Å²) in [5.74, 6) is 2.27. The van der Waals surface area contributed by atoms with Crippen molar-refractivity contribution in [3.63, 3.8) is 0 Å². The van der Waals surface area contributed by atoms with Crippen molar-refractivity contribution in [2.24, 2.45) is 35.5 Å². The summed E-state index contributed by atoms with van der Waals surface area (Å²) in [6, 6.07) is 0. The number of hydrogen-bond donors (Lipinski definition) is 0. The highest BCUT2D eigenvalue weighted by molar-refractivity contribution is 6.37. The highest BCUT2D eigenvalue weighted by Gasteiger charge is 2.52. The molecule has 0 amide bonds. The van der Waals surface area contributed by atoms with Crippen LogP contribution in [0.4, 0.5) is 0 Å². The van der Waals surface area contributed by atoms with Gasteiger partial charge in [0.2, 0.25) is 0 Å². The Kier molecular flexibility index (Phi) is 10.8. The zero-order valence-corrected chi connectivity index (χ0v) is 22.9. The van der Waals surface area contributed by atoms with Crippen molar-refractivity contribution in [1.29, 1.82) is 0 Å². The number of rotatable bonds is 12. The van der Waals surface area contributed by atoms with Gasteiger partial charge < -0.3 is 11.4 Å². The van der Waals surface area contributed by atoms with E-state index in [1.54, 1.807) is 0 Å². The van der Waals surface area contributed by atoms with E-state index < -0.39 is 15.1 Å². The molecule has 0 atom stereocenters. The zero-order chi connectivity index (χ0) is 22.7. The van der Waals surface area contributed by atoms with Gasteiger partial charge in [0.25, 0.3) is 0 Å². The number of hydrogen-bond acceptors (Lipinski definition) is 3.